The molecule has 0 bridgehead atoms. The molecule has 0 spiro atoms. The van der Waals surface area contributed by atoms with Crippen molar-refractivity contribution in [3.8, 4) is 0 Å². The smallest absolute Gasteiger partial charge is 0.305 e. The molecule has 0 saturated carbocycles. The molecule has 0 atom stereocenters. The van der Waals surface area contributed by atoms with Crippen LogP contribution in [0, 0.1) is 0 Å². The summed E-state index contributed by atoms with van der Waals surface area (Å²) in [5.41, 5.74) is 0.0931. The molecule has 36 heavy (non-hydrogen) atoms. The molecule has 0 aromatic carbocycles. The normalized spacial score (nSPS) is 24.4. The summed E-state index contributed by atoms with van der Waals surface area (Å²) in [6.45, 7) is 20.1. The highest BCUT2D eigenvalue weighted by Crippen LogP contribution is 2.41. The molecule has 0 unspecified atom stereocenters. The van der Waals surface area contributed by atoms with Gasteiger partial charge in [0.25, 0.3) is 0 Å². The fourth-order valence-corrected chi connectivity index (χ4v) is 8.71. The maximum atomic E-state index is 12.2. The quantitative estimate of drug-likeness (QED) is 0.202. The first-order valence-corrected chi connectivity index (χ1v) is 14.7. The van der Waals surface area contributed by atoms with E-state index in [1.54, 1.807) is 0 Å². The number of rotatable bonds is 11. The summed E-state index contributed by atoms with van der Waals surface area (Å²) in [5.74, 6) is -0.389. The number of ether oxygens (including phenoxy) is 2. The van der Waals surface area contributed by atoms with Crippen LogP contribution in [0.15, 0.2) is 0 Å². The monoisotopic (exact) mass is 544 g/mol. The van der Waals surface area contributed by atoms with Gasteiger partial charge in [-0.25, -0.2) is 0 Å². The molecule has 0 aliphatic carbocycles. The van der Waals surface area contributed by atoms with E-state index >= 15 is 0 Å². The minimum absolute atomic E-state index is 0.0233. The summed E-state index contributed by atoms with van der Waals surface area (Å²) < 4.78 is 11.0. The molecule has 0 aromatic heterocycles. The van der Waals surface area contributed by atoms with Crippen molar-refractivity contribution in [1.29, 1.82) is 0 Å². The van der Waals surface area contributed by atoms with E-state index < -0.39 is 0 Å². The molecule has 2 fully saturated rings. The zero-order valence-electron chi connectivity index (χ0n) is 24.1. The summed E-state index contributed by atoms with van der Waals surface area (Å²) in [6, 6.07) is 0. The van der Waals surface area contributed by atoms with Gasteiger partial charge in [-0.1, -0.05) is 0 Å². The summed E-state index contributed by atoms with van der Waals surface area (Å²) in [4.78, 5) is 29.3. The van der Waals surface area contributed by atoms with Gasteiger partial charge in [-0.3, -0.25) is 19.4 Å². The van der Waals surface area contributed by atoms with Crippen LogP contribution in [0.25, 0.3) is 0 Å². The molecule has 210 valence electrons. The summed E-state index contributed by atoms with van der Waals surface area (Å²) in [6.07, 6.45) is 6.01. The lowest BCUT2D eigenvalue weighted by Crippen LogP contribution is -2.61. The van der Waals surface area contributed by atoms with Crippen LogP contribution in [0.3, 0.4) is 0 Å². The molecule has 6 nitrogen and oxygen atoms in total. The molecule has 0 radical (unpaired) electrons. The SMILES string of the molecule is CC1(C)CC(S)CC(C)(C)N1CCOC(=O)CCCCC(=O)OCCN1C(C)(C)CC(S)CC1(C)C. The van der Waals surface area contributed by atoms with Gasteiger partial charge in [-0.05, 0) is 93.9 Å². The standard InChI is InChI=1S/C28H52N2O4S2/c1-25(2)17-21(35)18-26(3,4)29(25)13-15-33-23(31)11-9-10-12-24(32)34-16-14-30-27(5,6)19-22(36)20-28(30,7)8/h21-22,35-36H,9-20H2,1-8H3. The highest BCUT2D eigenvalue weighted by atomic mass is 32.1. The number of carbonyl (C=O) groups excluding carboxylic acids is 2. The number of nitrogens with zero attached hydrogens (tertiary/aromatic N) is 2. The minimum Gasteiger partial charge on any atom is -0.464 e. The van der Waals surface area contributed by atoms with E-state index in [2.05, 4.69) is 65.2 Å². The Bertz CT molecular complexity index is 656. The van der Waals surface area contributed by atoms with E-state index in [0.29, 0.717) is 49.4 Å². The van der Waals surface area contributed by atoms with Crippen molar-refractivity contribution in [3.63, 3.8) is 0 Å². The molecule has 2 heterocycles. The Balaban J connectivity index is 1.61. The van der Waals surface area contributed by atoms with Crippen molar-refractivity contribution in [3.05, 3.63) is 0 Å². The predicted molar refractivity (Wildman–Crippen MR) is 154 cm³/mol. The largest absolute Gasteiger partial charge is 0.464 e. The average molecular weight is 545 g/mol. The first-order chi connectivity index (χ1) is 16.5. The number of piperidine rings is 2. The topological polar surface area (TPSA) is 59.1 Å². The van der Waals surface area contributed by atoms with Gasteiger partial charge in [0.1, 0.15) is 13.2 Å². The molecule has 0 aromatic rings. The van der Waals surface area contributed by atoms with Crippen LogP contribution in [0.5, 0.6) is 0 Å². The molecule has 2 aliphatic heterocycles. The molecule has 0 amide bonds. The van der Waals surface area contributed by atoms with Crippen LogP contribution in [0.4, 0.5) is 0 Å². The lowest BCUT2D eigenvalue weighted by atomic mass is 9.79. The third-order valence-corrected chi connectivity index (χ3v) is 8.76. The highest BCUT2D eigenvalue weighted by Gasteiger charge is 2.45. The Labute approximate surface area is 231 Å². The lowest BCUT2D eigenvalue weighted by Gasteiger charge is -2.54. The van der Waals surface area contributed by atoms with Crippen LogP contribution in [0.1, 0.15) is 107 Å². The third kappa shape index (κ3) is 9.09. The van der Waals surface area contributed by atoms with E-state index in [9.17, 15) is 9.59 Å². The molecular weight excluding hydrogens is 492 g/mol. The molecule has 8 heteroatoms. The van der Waals surface area contributed by atoms with Gasteiger partial charge in [-0.2, -0.15) is 25.3 Å². The van der Waals surface area contributed by atoms with E-state index in [0.717, 1.165) is 38.8 Å². The molecule has 2 saturated heterocycles. The Morgan fingerprint density at radius 1 is 0.639 bits per heavy atom. The summed E-state index contributed by atoms with van der Waals surface area (Å²) >= 11 is 9.45. The first kappa shape index (κ1) is 31.8. The Kier molecular flexibility index (Phi) is 11.1. The Morgan fingerprint density at radius 2 is 0.917 bits per heavy atom. The van der Waals surface area contributed by atoms with Gasteiger partial charge in [0.15, 0.2) is 0 Å². The number of carbonyl (C=O) groups is 2. The molecule has 0 N–H and O–H groups in total. The molecule has 2 aliphatic rings. The van der Waals surface area contributed by atoms with Crippen LogP contribution in [-0.4, -0.2) is 80.7 Å². The zero-order valence-corrected chi connectivity index (χ0v) is 25.9. The maximum Gasteiger partial charge on any atom is 0.305 e. The second-order valence-electron chi connectivity index (χ2n) is 13.3. The van der Waals surface area contributed by atoms with Gasteiger partial charge >= 0.3 is 11.9 Å². The fourth-order valence-electron chi connectivity index (χ4n) is 6.93. The van der Waals surface area contributed by atoms with E-state index in [1.807, 2.05) is 0 Å². The fraction of sp³-hybridized carbons (Fsp3) is 0.929. The van der Waals surface area contributed by atoms with Crippen molar-refractivity contribution >= 4 is 37.2 Å². The highest BCUT2D eigenvalue weighted by molar-refractivity contribution is 7.81. The summed E-state index contributed by atoms with van der Waals surface area (Å²) in [5, 5.41) is 0.787. The van der Waals surface area contributed by atoms with Gasteiger partial charge in [0.05, 0.1) is 0 Å². The van der Waals surface area contributed by atoms with E-state index in [1.165, 1.54) is 0 Å². The number of likely N-dealkylation sites (tertiary alicyclic amines) is 2. The van der Waals surface area contributed by atoms with Crippen molar-refractivity contribution in [2.45, 2.75) is 139 Å². The first-order valence-electron chi connectivity index (χ1n) is 13.7. The molecular formula is C28H52N2O4S2. The van der Waals surface area contributed by atoms with Gasteiger partial charge in [0.2, 0.25) is 0 Å². The Morgan fingerprint density at radius 3 is 1.19 bits per heavy atom. The van der Waals surface area contributed by atoms with Gasteiger partial charge < -0.3 is 9.47 Å². The van der Waals surface area contributed by atoms with Gasteiger partial charge in [0, 0.05) is 58.6 Å². The number of thiol groups is 2. The van der Waals surface area contributed by atoms with Crippen LogP contribution in [-0.2, 0) is 19.1 Å². The lowest BCUT2D eigenvalue weighted by molar-refractivity contribution is -0.148. The second-order valence-corrected chi connectivity index (χ2v) is 14.8. The zero-order chi connectivity index (χ0) is 27.4. The van der Waals surface area contributed by atoms with Crippen molar-refractivity contribution in [2.75, 3.05) is 26.3 Å². The third-order valence-electron chi connectivity index (χ3n) is 8.03. The van der Waals surface area contributed by atoms with Crippen LogP contribution >= 0.6 is 25.3 Å². The minimum atomic E-state index is -0.194. The number of hydrogen-bond donors (Lipinski definition) is 2. The summed E-state index contributed by atoms with van der Waals surface area (Å²) in [7, 11) is 0. The number of hydrogen-bond acceptors (Lipinski definition) is 8. The maximum absolute atomic E-state index is 12.2. The van der Waals surface area contributed by atoms with Gasteiger partial charge in [-0.15, -0.1) is 0 Å². The number of esters is 2. The van der Waals surface area contributed by atoms with Crippen molar-refractivity contribution < 1.29 is 19.1 Å². The average Bonchev–Trinajstić information content (AvgIpc) is 2.67. The predicted octanol–water partition coefficient (Wildman–Crippen LogP) is 5.54. The van der Waals surface area contributed by atoms with E-state index in [4.69, 9.17) is 34.7 Å². The van der Waals surface area contributed by atoms with Crippen LogP contribution in [0.2, 0.25) is 0 Å². The van der Waals surface area contributed by atoms with E-state index in [-0.39, 0.29) is 34.1 Å². The Hall–Kier alpha value is -0.440. The number of unbranched alkanes of at least 4 members (excludes halogenated alkanes) is 1. The van der Waals surface area contributed by atoms with Crippen molar-refractivity contribution in [1.82, 2.24) is 9.80 Å². The van der Waals surface area contributed by atoms with Crippen molar-refractivity contribution in [2.24, 2.45) is 0 Å². The second kappa shape index (κ2) is 12.6. The molecule has 2 rings (SSSR count). The van der Waals surface area contributed by atoms with Crippen LogP contribution < -0.4 is 0 Å².